The van der Waals surface area contributed by atoms with Gasteiger partial charge in [0.2, 0.25) is 0 Å². The van der Waals surface area contributed by atoms with Gasteiger partial charge in [0.15, 0.2) is 0 Å². The van der Waals surface area contributed by atoms with E-state index >= 15 is 0 Å². The van der Waals surface area contributed by atoms with Gasteiger partial charge in [-0.05, 0) is 30.3 Å². The maximum Gasteiger partial charge on any atom is 0.261 e. The van der Waals surface area contributed by atoms with Gasteiger partial charge in [-0.2, -0.15) is 0 Å². The van der Waals surface area contributed by atoms with Crippen LogP contribution < -0.4 is 14.9 Å². The first kappa shape index (κ1) is 15.9. The fraction of sp³-hybridized carbons (Fsp3) is 0.133. The van der Waals surface area contributed by atoms with E-state index in [2.05, 4.69) is 15.0 Å². The first-order valence-corrected chi connectivity index (χ1v) is 8.42. The third-order valence-electron chi connectivity index (χ3n) is 3.48. The monoisotopic (exact) mass is 346 g/mol. The summed E-state index contributed by atoms with van der Waals surface area (Å²) in [6, 6.07) is 7.04. The summed E-state index contributed by atoms with van der Waals surface area (Å²) in [5.41, 5.74) is 0.501. The van der Waals surface area contributed by atoms with Gasteiger partial charge in [0.25, 0.3) is 21.8 Å². The van der Waals surface area contributed by atoms with Crippen molar-refractivity contribution in [1.29, 1.82) is 0 Å². The second-order valence-electron chi connectivity index (χ2n) is 5.40. The molecule has 2 aromatic rings. The van der Waals surface area contributed by atoms with E-state index < -0.39 is 21.8 Å². The van der Waals surface area contributed by atoms with Gasteiger partial charge in [0.05, 0.1) is 27.9 Å². The SMILES string of the molecule is CN(C)c1ccc(NS(=O)(=O)c2ccc3c(c2)C(=O)NC3=O)cn1. The number of carbonyl (C=O) groups excluding carboxylic acids is 2. The standard InChI is InChI=1S/C15H14N4O4S/c1-19(2)13-6-3-9(8-16-13)18-24(22,23)10-4-5-11-12(7-10)15(21)17-14(11)20/h3-8,18H,1-2H3,(H,17,20,21). The molecule has 2 amide bonds. The highest BCUT2D eigenvalue weighted by Gasteiger charge is 2.28. The Balaban J connectivity index is 1.90. The number of fused-ring (bicyclic) bond motifs is 1. The van der Waals surface area contributed by atoms with Gasteiger partial charge in [-0.15, -0.1) is 0 Å². The van der Waals surface area contributed by atoms with Crippen molar-refractivity contribution < 1.29 is 18.0 Å². The number of hydrogen-bond donors (Lipinski definition) is 2. The minimum absolute atomic E-state index is 0.0453. The Labute approximate surface area is 138 Å². The van der Waals surface area contributed by atoms with E-state index in [9.17, 15) is 18.0 Å². The van der Waals surface area contributed by atoms with Crippen LogP contribution in [0.3, 0.4) is 0 Å². The largest absolute Gasteiger partial charge is 0.363 e. The summed E-state index contributed by atoms with van der Waals surface area (Å²) in [6.45, 7) is 0. The first-order valence-electron chi connectivity index (χ1n) is 6.94. The number of benzene rings is 1. The van der Waals surface area contributed by atoms with Crippen molar-refractivity contribution in [3.05, 3.63) is 47.7 Å². The van der Waals surface area contributed by atoms with Crippen molar-refractivity contribution in [2.75, 3.05) is 23.7 Å². The van der Waals surface area contributed by atoms with Crippen molar-refractivity contribution in [3.63, 3.8) is 0 Å². The average molecular weight is 346 g/mol. The molecule has 0 saturated heterocycles. The Morgan fingerprint density at radius 1 is 1.04 bits per heavy atom. The molecule has 1 aliphatic heterocycles. The molecule has 0 unspecified atom stereocenters. The zero-order valence-corrected chi connectivity index (χ0v) is 13.7. The Hall–Kier alpha value is -2.94. The molecule has 1 aromatic heterocycles. The number of rotatable bonds is 4. The summed E-state index contributed by atoms with van der Waals surface area (Å²) in [6.07, 6.45) is 1.40. The van der Waals surface area contributed by atoms with Gasteiger partial charge in [-0.25, -0.2) is 13.4 Å². The van der Waals surface area contributed by atoms with Crippen LogP contribution in [-0.4, -0.2) is 39.3 Å². The number of anilines is 2. The zero-order chi connectivity index (χ0) is 17.5. The van der Waals surface area contributed by atoms with Crippen LogP contribution in [0.15, 0.2) is 41.4 Å². The quantitative estimate of drug-likeness (QED) is 0.794. The third kappa shape index (κ3) is 2.81. The minimum Gasteiger partial charge on any atom is -0.363 e. The van der Waals surface area contributed by atoms with Crippen LogP contribution in [0.1, 0.15) is 20.7 Å². The molecule has 124 valence electrons. The summed E-state index contributed by atoms with van der Waals surface area (Å²) in [7, 11) is -0.259. The number of aromatic nitrogens is 1. The highest BCUT2D eigenvalue weighted by molar-refractivity contribution is 7.92. The molecule has 8 nitrogen and oxygen atoms in total. The number of hydrogen-bond acceptors (Lipinski definition) is 6. The van der Waals surface area contributed by atoms with Gasteiger partial charge in [0.1, 0.15) is 5.82 Å². The van der Waals surface area contributed by atoms with E-state index in [1.807, 2.05) is 14.1 Å². The van der Waals surface area contributed by atoms with Gasteiger partial charge in [0, 0.05) is 14.1 Å². The molecule has 2 heterocycles. The lowest BCUT2D eigenvalue weighted by atomic mass is 10.1. The normalized spacial score (nSPS) is 13.4. The second kappa shape index (κ2) is 5.60. The average Bonchev–Trinajstić information content (AvgIpc) is 2.82. The second-order valence-corrected chi connectivity index (χ2v) is 7.08. The highest BCUT2D eigenvalue weighted by Crippen LogP contribution is 2.22. The Bertz CT molecular complexity index is 936. The Morgan fingerprint density at radius 2 is 1.75 bits per heavy atom. The van der Waals surface area contributed by atoms with E-state index in [1.54, 1.807) is 17.0 Å². The van der Waals surface area contributed by atoms with Crippen molar-refractivity contribution in [1.82, 2.24) is 10.3 Å². The fourth-order valence-electron chi connectivity index (χ4n) is 2.24. The molecule has 3 rings (SSSR count). The number of nitrogens with zero attached hydrogens (tertiary/aromatic N) is 2. The maximum absolute atomic E-state index is 12.4. The van der Waals surface area contributed by atoms with Crippen molar-refractivity contribution in [2.24, 2.45) is 0 Å². The lowest BCUT2D eigenvalue weighted by Crippen LogP contribution is -2.20. The lowest BCUT2D eigenvalue weighted by Gasteiger charge is -2.12. The van der Waals surface area contributed by atoms with Crippen LogP contribution in [0.5, 0.6) is 0 Å². The number of carbonyl (C=O) groups is 2. The summed E-state index contributed by atoms with van der Waals surface area (Å²) < 4.78 is 27.3. The number of nitrogens with one attached hydrogen (secondary N) is 2. The summed E-state index contributed by atoms with van der Waals surface area (Å²) >= 11 is 0. The van der Waals surface area contributed by atoms with E-state index in [0.29, 0.717) is 11.5 Å². The minimum atomic E-state index is -3.90. The molecule has 0 fully saturated rings. The molecular formula is C15H14N4O4S. The number of sulfonamides is 1. The summed E-state index contributed by atoms with van der Waals surface area (Å²) in [5.74, 6) is -0.454. The van der Waals surface area contributed by atoms with Crippen LogP contribution in [0.2, 0.25) is 0 Å². The summed E-state index contributed by atoms with van der Waals surface area (Å²) in [5, 5.41) is 2.12. The van der Waals surface area contributed by atoms with E-state index in [1.165, 1.54) is 24.4 Å². The van der Waals surface area contributed by atoms with Crippen LogP contribution in [0, 0.1) is 0 Å². The lowest BCUT2D eigenvalue weighted by molar-refractivity contribution is 0.0879. The number of pyridine rings is 1. The van der Waals surface area contributed by atoms with Gasteiger partial charge >= 0.3 is 0 Å². The predicted molar refractivity (Wildman–Crippen MR) is 87.6 cm³/mol. The summed E-state index contributed by atoms with van der Waals surface area (Å²) in [4.78, 5) is 29.0. The number of imide groups is 1. The van der Waals surface area contributed by atoms with Crippen LogP contribution in [-0.2, 0) is 10.0 Å². The topological polar surface area (TPSA) is 108 Å². The molecule has 0 spiro atoms. The van der Waals surface area contributed by atoms with Crippen LogP contribution >= 0.6 is 0 Å². The van der Waals surface area contributed by atoms with Crippen LogP contribution in [0.25, 0.3) is 0 Å². The van der Waals surface area contributed by atoms with Crippen molar-refractivity contribution >= 4 is 33.3 Å². The molecular weight excluding hydrogens is 332 g/mol. The van der Waals surface area contributed by atoms with Gasteiger partial charge in [-0.1, -0.05) is 0 Å². The van der Waals surface area contributed by atoms with E-state index in [4.69, 9.17) is 0 Å². The predicted octanol–water partition coefficient (Wildman–Crippen LogP) is 0.832. The number of amides is 2. The van der Waals surface area contributed by atoms with E-state index in [0.717, 1.165) is 0 Å². The smallest absolute Gasteiger partial charge is 0.261 e. The molecule has 0 bridgehead atoms. The molecule has 1 aromatic carbocycles. The Morgan fingerprint density at radius 3 is 2.38 bits per heavy atom. The molecule has 2 N–H and O–H groups in total. The van der Waals surface area contributed by atoms with Crippen molar-refractivity contribution in [3.8, 4) is 0 Å². The molecule has 24 heavy (non-hydrogen) atoms. The van der Waals surface area contributed by atoms with Gasteiger partial charge < -0.3 is 4.90 Å². The third-order valence-corrected chi connectivity index (χ3v) is 4.85. The fourth-order valence-corrected chi connectivity index (χ4v) is 3.31. The molecule has 0 radical (unpaired) electrons. The van der Waals surface area contributed by atoms with Gasteiger partial charge in [-0.3, -0.25) is 19.6 Å². The molecule has 0 atom stereocenters. The van der Waals surface area contributed by atoms with Crippen LogP contribution in [0.4, 0.5) is 11.5 Å². The first-order chi connectivity index (χ1) is 11.3. The molecule has 0 saturated carbocycles. The molecule has 1 aliphatic rings. The zero-order valence-electron chi connectivity index (χ0n) is 12.9. The molecule has 9 heteroatoms. The highest BCUT2D eigenvalue weighted by atomic mass is 32.2. The maximum atomic E-state index is 12.4. The molecule has 0 aliphatic carbocycles. The van der Waals surface area contributed by atoms with Crippen molar-refractivity contribution in [2.45, 2.75) is 4.90 Å². The Kier molecular flexibility index (Phi) is 3.72. The van der Waals surface area contributed by atoms with E-state index in [-0.39, 0.29) is 16.0 Å².